The van der Waals surface area contributed by atoms with Gasteiger partial charge in [0, 0.05) is 23.0 Å². The molecule has 3 heteroatoms. The monoisotopic (exact) mass is 241 g/mol. The highest BCUT2D eigenvalue weighted by molar-refractivity contribution is 7.10. The number of hydrogen-bond donors (Lipinski definition) is 1. The topological polar surface area (TPSA) is 12.0 Å². The van der Waals surface area contributed by atoms with Crippen molar-refractivity contribution < 1.29 is 0 Å². The van der Waals surface area contributed by atoms with E-state index in [2.05, 4.69) is 23.7 Å². The van der Waals surface area contributed by atoms with Gasteiger partial charge in [0.1, 0.15) is 0 Å². The molecule has 1 aromatic heterocycles. The van der Waals surface area contributed by atoms with Gasteiger partial charge < -0.3 is 5.32 Å². The molecule has 0 aliphatic heterocycles. The van der Waals surface area contributed by atoms with Gasteiger partial charge in [-0.1, -0.05) is 11.6 Å². The Bertz CT molecular complexity index is 356. The average molecular weight is 242 g/mol. The van der Waals surface area contributed by atoms with E-state index in [4.69, 9.17) is 11.6 Å². The summed E-state index contributed by atoms with van der Waals surface area (Å²) in [5, 5.41) is 5.77. The van der Waals surface area contributed by atoms with Crippen LogP contribution in [0.3, 0.4) is 0 Å². The van der Waals surface area contributed by atoms with Crippen molar-refractivity contribution in [1.82, 2.24) is 5.32 Å². The van der Waals surface area contributed by atoms with Crippen molar-refractivity contribution >= 4 is 22.9 Å². The van der Waals surface area contributed by atoms with Gasteiger partial charge in [-0.05, 0) is 48.8 Å². The minimum Gasteiger partial charge on any atom is -0.306 e. The first-order valence-corrected chi connectivity index (χ1v) is 6.68. The summed E-state index contributed by atoms with van der Waals surface area (Å²) in [6.45, 7) is 2.95. The summed E-state index contributed by atoms with van der Waals surface area (Å²) in [5.41, 5.74) is 4.36. The number of aryl methyl sites for hydroxylation is 1. The maximum Gasteiger partial charge on any atom is 0.0334 e. The third kappa shape index (κ3) is 2.63. The lowest BCUT2D eigenvalue weighted by atomic mass is 9.94. The molecule has 0 spiro atoms. The van der Waals surface area contributed by atoms with Crippen molar-refractivity contribution in [3.05, 3.63) is 33.0 Å². The average Bonchev–Trinajstić information content (AvgIpc) is 2.74. The van der Waals surface area contributed by atoms with E-state index in [1.54, 1.807) is 10.4 Å². The Morgan fingerprint density at radius 3 is 3.40 bits per heavy atom. The lowest BCUT2D eigenvalue weighted by Gasteiger charge is -2.23. The number of thiophene rings is 1. The van der Waals surface area contributed by atoms with Crippen LogP contribution in [0, 0.1) is 0 Å². The van der Waals surface area contributed by atoms with E-state index in [0.717, 1.165) is 6.54 Å². The Balaban J connectivity index is 2.01. The Labute approximate surface area is 100 Å². The van der Waals surface area contributed by atoms with Gasteiger partial charge >= 0.3 is 0 Å². The molecule has 0 saturated heterocycles. The van der Waals surface area contributed by atoms with Gasteiger partial charge in [0.2, 0.25) is 0 Å². The molecule has 1 N–H and O–H groups in total. The van der Waals surface area contributed by atoms with E-state index >= 15 is 0 Å². The molecule has 0 radical (unpaired) electrons. The van der Waals surface area contributed by atoms with Crippen molar-refractivity contribution in [2.45, 2.75) is 32.2 Å². The highest BCUT2D eigenvalue weighted by atomic mass is 35.5. The maximum absolute atomic E-state index is 5.65. The van der Waals surface area contributed by atoms with Crippen molar-refractivity contribution in [2.75, 3.05) is 6.54 Å². The number of fused-ring (bicyclic) bond motifs is 1. The van der Waals surface area contributed by atoms with Gasteiger partial charge in [0.05, 0.1) is 0 Å². The van der Waals surface area contributed by atoms with Crippen LogP contribution in [-0.2, 0) is 6.42 Å². The summed E-state index contributed by atoms with van der Waals surface area (Å²) in [6.07, 6.45) is 3.81. The van der Waals surface area contributed by atoms with Crippen molar-refractivity contribution in [3.63, 3.8) is 0 Å². The molecule has 15 heavy (non-hydrogen) atoms. The molecular formula is C12H16ClNS. The molecule has 1 aliphatic carbocycles. The summed E-state index contributed by atoms with van der Waals surface area (Å²) in [7, 11) is 0. The molecule has 1 unspecified atom stereocenters. The summed E-state index contributed by atoms with van der Waals surface area (Å²) in [6, 6.07) is 2.79. The van der Waals surface area contributed by atoms with Crippen LogP contribution < -0.4 is 5.32 Å². The van der Waals surface area contributed by atoms with Gasteiger partial charge in [0.25, 0.3) is 0 Å². The van der Waals surface area contributed by atoms with Crippen molar-refractivity contribution in [3.8, 4) is 0 Å². The third-order valence-corrected chi connectivity index (χ3v) is 4.23. The van der Waals surface area contributed by atoms with Gasteiger partial charge in [-0.25, -0.2) is 0 Å². The Morgan fingerprint density at radius 1 is 1.73 bits per heavy atom. The second kappa shape index (κ2) is 5.15. The van der Waals surface area contributed by atoms with E-state index in [1.165, 1.54) is 30.4 Å². The minimum atomic E-state index is 0.534. The molecule has 1 aliphatic rings. The van der Waals surface area contributed by atoms with Gasteiger partial charge in [0.15, 0.2) is 0 Å². The van der Waals surface area contributed by atoms with E-state index in [1.807, 2.05) is 11.3 Å². The lowest BCUT2D eigenvalue weighted by Crippen LogP contribution is -2.25. The molecule has 2 rings (SSSR count). The number of nitrogens with one attached hydrogen (secondary N) is 1. The fourth-order valence-corrected chi connectivity index (χ4v) is 3.09. The number of halogens is 1. The lowest BCUT2D eigenvalue weighted by molar-refractivity contribution is 0.481. The normalized spacial score (nSPS) is 21.5. The SMILES string of the molecule is C/C(=C/Cl)CNC1CCCc2sccc21. The largest absolute Gasteiger partial charge is 0.306 e. The van der Waals surface area contributed by atoms with Crippen LogP contribution in [0.5, 0.6) is 0 Å². The molecule has 1 atom stereocenters. The summed E-state index contributed by atoms with van der Waals surface area (Å²) < 4.78 is 0. The number of rotatable bonds is 3. The molecule has 0 fully saturated rings. The van der Waals surface area contributed by atoms with Crippen LogP contribution in [0.25, 0.3) is 0 Å². The first-order chi connectivity index (χ1) is 7.31. The highest BCUT2D eigenvalue weighted by Crippen LogP contribution is 2.33. The van der Waals surface area contributed by atoms with Gasteiger partial charge in [-0.2, -0.15) is 0 Å². The van der Waals surface area contributed by atoms with Crippen molar-refractivity contribution in [2.24, 2.45) is 0 Å². The van der Waals surface area contributed by atoms with E-state index in [0.29, 0.717) is 6.04 Å². The van der Waals surface area contributed by atoms with Crippen LogP contribution in [0.4, 0.5) is 0 Å². The second-order valence-electron chi connectivity index (χ2n) is 4.08. The zero-order valence-corrected chi connectivity index (χ0v) is 10.5. The molecule has 1 aromatic rings. The molecule has 1 nitrogen and oxygen atoms in total. The third-order valence-electron chi connectivity index (χ3n) is 2.87. The standard InChI is InChI=1S/C12H16ClNS/c1-9(7-13)8-14-11-3-2-4-12-10(11)5-6-15-12/h5-7,11,14H,2-4,8H2,1H3/b9-7-. The summed E-state index contributed by atoms with van der Waals surface area (Å²) >= 11 is 7.54. The fraction of sp³-hybridized carbons (Fsp3) is 0.500. The molecule has 0 bridgehead atoms. The zero-order chi connectivity index (χ0) is 10.7. The second-order valence-corrected chi connectivity index (χ2v) is 5.30. The Hall–Kier alpha value is -0.310. The predicted molar refractivity (Wildman–Crippen MR) is 67.6 cm³/mol. The van der Waals surface area contributed by atoms with E-state index in [9.17, 15) is 0 Å². The van der Waals surface area contributed by atoms with E-state index < -0.39 is 0 Å². The smallest absolute Gasteiger partial charge is 0.0334 e. The summed E-state index contributed by atoms with van der Waals surface area (Å²) in [5.74, 6) is 0. The van der Waals surface area contributed by atoms with Crippen LogP contribution in [0.15, 0.2) is 22.6 Å². The van der Waals surface area contributed by atoms with E-state index in [-0.39, 0.29) is 0 Å². The van der Waals surface area contributed by atoms with Crippen molar-refractivity contribution in [1.29, 1.82) is 0 Å². The first kappa shape index (κ1) is 11.2. The maximum atomic E-state index is 5.65. The van der Waals surface area contributed by atoms with Crippen LogP contribution in [-0.4, -0.2) is 6.54 Å². The zero-order valence-electron chi connectivity index (χ0n) is 8.92. The molecule has 0 saturated carbocycles. The highest BCUT2D eigenvalue weighted by Gasteiger charge is 2.20. The minimum absolute atomic E-state index is 0.534. The van der Waals surface area contributed by atoms with Gasteiger partial charge in [-0.3, -0.25) is 0 Å². The number of hydrogen-bond acceptors (Lipinski definition) is 2. The first-order valence-electron chi connectivity index (χ1n) is 5.36. The van der Waals surface area contributed by atoms with Gasteiger partial charge in [-0.15, -0.1) is 11.3 Å². The fourth-order valence-electron chi connectivity index (χ4n) is 2.02. The molecule has 82 valence electrons. The van der Waals surface area contributed by atoms with Crippen LogP contribution in [0.2, 0.25) is 0 Å². The predicted octanol–water partition coefficient (Wildman–Crippen LogP) is 3.86. The quantitative estimate of drug-likeness (QED) is 0.848. The Kier molecular flexibility index (Phi) is 3.84. The van der Waals surface area contributed by atoms with Crippen LogP contribution in [0.1, 0.15) is 36.2 Å². The molecule has 0 aromatic carbocycles. The molecule has 0 amide bonds. The summed E-state index contributed by atoms with van der Waals surface area (Å²) in [4.78, 5) is 1.56. The molecular weight excluding hydrogens is 226 g/mol. The Morgan fingerprint density at radius 2 is 2.60 bits per heavy atom. The molecule has 1 heterocycles. The van der Waals surface area contributed by atoms with Crippen LogP contribution >= 0.6 is 22.9 Å².